The molecule has 1 saturated heterocycles. The van der Waals surface area contributed by atoms with Crippen LogP contribution in [0.3, 0.4) is 0 Å². The highest BCUT2D eigenvalue weighted by Crippen LogP contribution is 2.28. The molecule has 0 spiro atoms. The molecule has 34 heavy (non-hydrogen) atoms. The van der Waals surface area contributed by atoms with Crippen molar-refractivity contribution in [1.29, 1.82) is 0 Å². The van der Waals surface area contributed by atoms with Gasteiger partial charge in [-0.15, -0.1) is 0 Å². The maximum Gasteiger partial charge on any atom is 0.246 e. The number of nitrogens with one attached hydrogen (secondary N) is 2. The third kappa shape index (κ3) is 5.58. The van der Waals surface area contributed by atoms with Gasteiger partial charge in [0, 0.05) is 42.6 Å². The topological polar surface area (TPSA) is 91.4 Å². The van der Waals surface area contributed by atoms with Gasteiger partial charge in [0.2, 0.25) is 15.9 Å². The van der Waals surface area contributed by atoms with Crippen LogP contribution in [-0.4, -0.2) is 36.7 Å². The van der Waals surface area contributed by atoms with E-state index in [2.05, 4.69) is 34.7 Å². The van der Waals surface area contributed by atoms with Crippen LogP contribution in [0.2, 0.25) is 5.15 Å². The maximum absolute atomic E-state index is 12.9. The van der Waals surface area contributed by atoms with Gasteiger partial charge in [0.1, 0.15) is 10.0 Å². The van der Waals surface area contributed by atoms with Gasteiger partial charge in [-0.3, -0.25) is 4.79 Å². The van der Waals surface area contributed by atoms with Crippen LogP contribution in [-0.2, 0) is 14.8 Å². The number of carbonyl (C=O) groups excluding carboxylic acids is 1. The first-order valence-electron chi connectivity index (χ1n) is 11.2. The molecule has 1 amide bonds. The summed E-state index contributed by atoms with van der Waals surface area (Å²) >= 11 is 5.98. The van der Waals surface area contributed by atoms with Crippen LogP contribution < -0.4 is 10.6 Å². The van der Waals surface area contributed by atoms with E-state index in [0.29, 0.717) is 18.5 Å². The fourth-order valence-electron chi connectivity index (χ4n) is 4.03. The maximum atomic E-state index is 12.9. The van der Waals surface area contributed by atoms with Gasteiger partial charge >= 0.3 is 0 Å². The van der Waals surface area contributed by atoms with Crippen LogP contribution in [0.5, 0.6) is 0 Å². The summed E-state index contributed by atoms with van der Waals surface area (Å²) in [6.45, 7) is 2.61. The number of piperidine rings is 1. The van der Waals surface area contributed by atoms with E-state index in [1.54, 1.807) is 6.07 Å². The molecule has 4 rings (SSSR count). The summed E-state index contributed by atoms with van der Waals surface area (Å²) in [6, 6.07) is 20.9. The molecule has 3 aromatic rings. The van der Waals surface area contributed by atoms with Crippen molar-refractivity contribution in [3.8, 4) is 0 Å². The lowest BCUT2D eigenvalue weighted by Gasteiger charge is -2.30. The highest BCUT2D eigenvalue weighted by molar-refractivity contribution is 7.89. The molecule has 1 fully saturated rings. The largest absolute Gasteiger partial charge is 0.379 e. The molecule has 0 radical (unpaired) electrons. The fraction of sp³-hybridized carbons (Fsp3) is 0.280. The Morgan fingerprint density at radius 3 is 2.29 bits per heavy atom. The van der Waals surface area contributed by atoms with Crippen molar-refractivity contribution in [1.82, 2.24) is 9.29 Å². The fourth-order valence-corrected chi connectivity index (χ4v) is 5.93. The summed E-state index contributed by atoms with van der Waals surface area (Å²) < 4.78 is 27.1. The van der Waals surface area contributed by atoms with E-state index >= 15 is 0 Å². The predicted molar refractivity (Wildman–Crippen MR) is 134 cm³/mol. The summed E-state index contributed by atoms with van der Waals surface area (Å²) in [4.78, 5) is 16.6. The normalized spacial score (nSPS) is 16.1. The number of rotatable bonds is 7. The summed E-state index contributed by atoms with van der Waals surface area (Å²) in [5.74, 6) is -0.360. The minimum Gasteiger partial charge on any atom is -0.379 e. The first kappa shape index (κ1) is 24.2. The molecule has 1 atom stereocenters. The Kier molecular flexibility index (Phi) is 7.50. The second-order valence-corrected chi connectivity index (χ2v) is 10.6. The smallest absolute Gasteiger partial charge is 0.246 e. The van der Waals surface area contributed by atoms with E-state index in [-0.39, 0.29) is 41.0 Å². The molecule has 9 heteroatoms. The van der Waals surface area contributed by atoms with E-state index in [1.165, 1.54) is 22.1 Å². The number of anilines is 2. The number of amides is 1. The molecule has 7 nitrogen and oxygen atoms in total. The average molecular weight is 499 g/mol. The number of sulfonamides is 1. The summed E-state index contributed by atoms with van der Waals surface area (Å²) in [5, 5.41) is 6.36. The Hall–Kier alpha value is -2.94. The standard InChI is InChI=1S/C25H27ClN4O3S/c1-18(19-6-3-2-4-7-19)28-21-9-11-22(12-10-21)29-25(31)20-13-16-30(17-14-20)34(32,33)23-8-5-15-27-24(23)26/h2-12,15,18,20,28H,13-14,16-17H2,1H3,(H,29,31). The third-order valence-electron chi connectivity index (χ3n) is 6.00. The lowest BCUT2D eigenvalue weighted by atomic mass is 9.97. The quantitative estimate of drug-likeness (QED) is 0.450. The minimum atomic E-state index is -3.74. The van der Waals surface area contributed by atoms with Crippen LogP contribution in [0.1, 0.15) is 31.4 Å². The molecule has 2 N–H and O–H groups in total. The first-order valence-corrected chi connectivity index (χ1v) is 13.0. The van der Waals surface area contributed by atoms with E-state index < -0.39 is 10.0 Å². The number of aromatic nitrogens is 1. The lowest BCUT2D eigenvalue weighted by Crippen LogP contribution is -2.41. The van der Waals surface area contributed by atoms with Gasteiger partial charge in [0.05, 0.1) is 0 Å². The van der Waals surface area contributed by atoms with Crippen molar-refractivity contribution < 1.29 is 13.2 Å². The van der Waals surface area contributed by atoms with Crippen molar-refractivity contribution in [2.75, 3.05) is 23.7 Å². The molecule has 1 unspecified atom stereocenters. The van der Waals surface area contributed by atoms with Gasteiger partial charge in [-0.1, -0.05) is 41.9 Å². The van der Waals surface area contributed by atoms with Crippen molar-refractivity contribution in [3.05, 3.63) is 83.6 Å². The molecule has 0 bridgehead atoms. The number of halogens is 1. The van der Waals surface area contributed by atoms with Crippen LogP contribution in [0.15, 0.2) is 77.8 Å². The van der Waals surface area contributed by atoms with Gasteiger partial charge < -0.3 is 10.6 Å². The Balaban J connectivity index is 1.30. The molecular formula is C25H27ClN4O3S. The number of carbonyl (C=O) groups is 1. The van der Waals surface area contributed by atoms with Gasteiger partial charge in [-0.05, 0) is 61.7 Å². The first-order chi connectivity index (χ1) is 16.3. The van der Waals surface area contributed by atoms with E-state index in [0.717, 1.165) is 5.69 Å². The average Bonchev–Trinajstić information content (AvgIpc) is 2.86. The van der Waals surface area contributed by atoms with Crippen molar-refractivity contribution >= 4 is 38.9 Å². The highest BCUT2D eigenvalue weighted by Gasteiger charge is 2.33. The summed E-state index contributed by atoms with van der Waals surface area (Å²) in [7, 11) is -3.74. The predicted octanol–water partition coefficient (Wildman–Crippen LogP) is 4.95. The van der Waals surface area contributed by atoms with Crippen molar-refractivity contribution in [2.24, 2.45) is 5.92 Å². The van der Waals surface area contributed by atoms with E-state index in [9.17, 15) is 13.2 Å². The molecule has 1 aliphatic heterocycles. The molecule has 1 aromatic heterocycles. The van der Waals surface area contributed by atoms with Gasteiger partial charge in [0.25, 0.3) is 0 Å². The molecule has 2 aromatic carbocycles. The van der Waals surface area contributed by atoms with Gasteiger partial charge in [-0.2, -0.15) is 4.31 Å². The van der Waals surface area contributed by atoms with Crippen LogP contribution in [0, 0.1) is 5.92 Å². The molecule has 2 heterocycles. The molecule has 0 aliphatic carbocycles. The molecule has 178 valence electrons. The number of hydrogen-bond donors (Lipinski definition) is 2. The Bertz CT molecular complexity index is 1230. The van der Waals surface area contributed by atoms with E-state index in [1.807, 2.05) is 42.5 Å². The number of nitrogens with zero attached hydrogens (tertiary/aromatic N) is 2. The molecular weight excluding hydrogens is 472 g/mol. The third-order valence-corrected chi connectivity index (χ3v) is 8.35. The Labute approximate surface area is 205 Å². The lowest BCUT2D eigenvalue weighted by molar-refractivity contribution is -0.120. The molecule has 0 saturated carbocycles. The van der Waals surface area contributed by atoms with Crippen LogP contribution in [0.25, 0.3) is 0 Å². The van der Waals surface area contributed by atoms with Crippen molar-refractivity contribution in [2.45, 2.75) is 30.7 Å². The summed E-state index contributed by atoms with van der Waals surface area (Å²) in [6.07, 6.45) is 2.33. The second-order valence-electron chi connectivity index (χ2n) is 8.31. The van der Waals surface area contributed by atoms with Gasteiger partial charge in [-0.25, -0.2) is 13.4 Å². The van der Waals surface area contributed by atoms with Gasteiger partial charge in [0.15, 0.2) is 0 Å². The van der Waals surface area contributed by atoms with Crippen LogP contribution in [0.4, 0.5) is 11.4 Å². The number of benzene rings is 2. The highest BCUT2D eigenvalue weighted by atomic mass is 35.5. The number of hydrogen-bond acceptors (Lipinski definition) is 5. The Morgan fingerprint density at radius 1 is 1.00 bits per heavy atom. The zero-order chi connectivity index (χ0) is 24.1. The zero-order valence-corrected chi connectivity index (χ0v) is 20.4. The SMILES string of the molecule is CC(Nc1ccc(NC(=O)C2CCN(S(=O)(=O)c3cccnc3Cl)CC2)cc1)c1ccccc1. The monoisotopic (exact) mass is 498 g/mol. The minimum absolute atomic E-state index is 0.00477. The van der Waals surface area contributed by atoms with Crippen molar-refractivity contribution in [3.63, 3.8) is 0 Å². The zero-order valence-electron chi connectivity index (χ0n) is 18.8. The number of pyridine rings is 1. The van der Waals surface area contributed by atoms with Crippen LogP contribution >= 0.6 is 11.6 Å². The molecule has 1 aliphatic rings. The Morgan fingerprint density at radius 2 is 1.65 bits per heavy atom. The second kappa shape index (κ2) is 10.5. The van der Waals surface area contributed by atoms with E-state index in [4.69, 9.17) is 11.6 Å². The summed E-state index contributed by atoms with van der Waals surface area (Å²) in [5.41, 5.74) is 2.86.